The maximum atomic E-state index is 12.6. The van der Waals surface area contributed by atoms with Crippen LogP contribution in [0.2, 0.25) is 0 Å². The molecular formula is C19H21N3O3. The van der Waals surface area contributed by atoms with Crippen LogP contribution in [0.3, 0.4) is 0 Å². The summed E-state index contributed by atoms with van der Waals surface area (Å²) in [4.78, 5) is 30.1. The van der Waals surface area contributed by atoms with Gasteiger partial charge in [-0.3, -0.25) is 10.1 Å². The topological polar surface area (TPSA) is 71.5 Å². The van der Waals surface area contributed by atoms with Crippen molar-refractivity contribution in [2.75, 3.05) is 19.0 Å². The van der Waals surface area contributed by atoms with E-state index in [4.69, 9.17) is 0 Å². The molecule has 130 valence electrons. The molecule has 1 saturated heterocycles. The molecule has 3 rings (SSSR count). The monoisotopic (exact) mass is 339 g/mol. The summed E-state index contributed by atoms with van der Waals surface area (Å²) in [5.74, 6) is 0.473. The second-order valence-electron chi connectivity index (χ2n) is 6.18. The third-order valence-electron chi connectivity index (χ3n) is 4.36. The number of anilines is 1. The van der Waals surface area contributed by atoms with Crippen molar-refractivity contribution in [1.29, 1.82) is 0 Å². The molecule has 6 heteroatoms. The number of hydrogen-bond acceptors (Lipinski definition) is 4. The molecule has 2 atom stereocenters. The number of aromatic nitrogens is 1. The smallest absolute Gasteiger partial charge is 0.323 e. The molecule has 1 aromatic heterocycles. The Morgan fingerprint density at radius 3 is 2.64 bits per heavy atom. The minimum Gasteiger partial charge on any atom is -0.469 e. The zero-order valence-electron chi connectivity index (χ0n) is 14.3. The van der Waals surface area contributed by atoms with Gasteiger partial charge in [-0.2, -0.15) is 0 Å². The van der Waals surface area contributed by atoms with Gasteiger partial charge in [0.15, 0.2) is 0 Å². The van der Waals surface area contributed by atoms with Gasteiger partial charge in [-0.1, -0.05) is 43.3 Å². The zero-order chi connectivity index (χ0) is 17.8. The number of likely N-dealkylation sites (tertiary alicyclic amines) is 1. The van der Waals surface area contributed by atoms with E-state index in [1.54, 1.807) is 23.1 Å². The molecule has 0 spiro atoms. The first-order valence-corrected chi connectivity index (χ1v) is 8.24. The van der Waals surface area contributed by atoms with Crippen LogP contribution < -0.4 is 5.32 Å². The Hall–Kier alpha value is -2.89. The summed E-state index contributed by atoms with van der Waals surface area (Å²) in [6.07, 6.45) is 0.0770. The lowest BCUT2D eigenvalue weighted by molar-refractivity contribution is -0.139. The predicted octanol–water partition coefficient (Wildman–Crippen LogP) is 3.02. The number of carbonyl (C=O) groups excluding carboxylic acids is 2. The Morgan fingerprint density at radius 2 is 1.96 bits per heavy atom. The molecule has 0 radical (unpaired) electrons. The van der Waals surface area contributed by atoms with Crippen LogP contribution in [-0.2, 0) is 16.0 Å². The van der Waals surface area contributed by atoms with Crippen LogP contribution in [0.4, 0.5) is 10.6 Å². The molecule has 0 aliphatic carbocycles. The van der Waals surface area contributed by atoms with E-state index in [9.17, 15) is 9.59 Å². The molecule has 25 heavy (non-hydrogen) atoms. The van der Waals surface area contributed by atoms with Crippen LogP contribution in [0.15, 0.2) is 48.5 Å². The zero-order valence-corrected chi connectivity index (χ0v) is 14.3. The predicted molar refractivity (Wildman–Crippen MR) is 94.0 cm³/mol. The maximum Gasteiger partial charge on any atom is 0.323 e. The molecule has 1 aromatic carbocycles. The normalized spacial score (nSPS) is 19.0. The number of amides is 2. The summed E-state index contributed by atoms with van der Waals surface area (Å²) < 4.78 is 4.64. The van der Waals surface area contributed by atoms with Gasteiger partial charge in [0.2, 0.25) is 0 Å². The van der Waals surface area contributed by atoms with E-state index >= 15 is 0 Å². The fourth-order valence-corrected chi connectivity index (χ4v) is 3.11. The van der Waals surface area contributed by atoms with Crippen molar-refractivity contribution in [2.24, 2.45) is 5.92 Å². The van der Waals surface area contributed by atoms with Crippen molar-refractivity contribution in [1.82, 2.24) is 9.88 Å². The Morgan fingerprint density at radius 1 is 1.20 bits per heavy atom. The van der Waals surface area contributed by atoms with Crippen molar-refractivity contribution in [3.8, 4) is 0 Å². The van der Waals surface area contributed by atoms with Crippen LogP contribution >= 0.6 is 0 Å². The number of hydrogen-bond donors (Lipinski definition) is 1. The van der Waals surface area contributed by atoms with Gasteiger partial charge in [-0.25, -0.2) is 9.78 Å². The van der Waals surface area contributed by atoms with Gasteiger partial charge in [-0.05, 0) is 23.6 Å². The molecule has 1 fully saturated rings. The summed E-state index contributed by atoms with van der Waals surface area (Å²) in [6.45, 7) is 2.84. The van der Waals surface area contributed by atoms with E-state index in [1.807, 2.05) is 30.3 Å². The number of methoxy groups -OCH3 is 1. The minimum absolute atomic E-state index is 0.0689. The van der Waals surface area contributed by atoms with Crippen LogP contribution in [0.5, 0.6) is 0 Å². The number of ether oxygens (including phenoxy) is 1. The van der Waals surface area contributed by atoms with Crippen molar-refractivity contribution in [3.63, 3.8) is 0 Å². The van der Waals surface area contributed by atoms with Gasteiger partial charge in [0.05, 0.1) is 25.3 Å². The molecule has 0 bridgehead atoms. The van der Waals surface area contributed by atoms with Gasteiger partial charge in [0.1, 0.15) is 5.82 Å². The molecular weight excluding hydrogens is 318 g/mol. The van der Waals surface area contributed by atoms with E-state index in [0.717, 1.165) is 5.56 Å². The van der Waals surface area contributed by atoms with Gasteiger partial charge in [0, 0.05) is 6.54 Å². The highest BCUT2D eigenvalue weighted by molar-refractivity contribution is 5.89. The van der Waals surface area contributed by atoms with Gasteiger partial charge in [-0.15, -0.1) is 0 Å². The molecule has 0 unspecified atom stereocenters. The van der Waals surface area contributed by atoms with Crippen molar-refractivity contribution in [2.45, 2.75) is 19.4 Å². The number of nitrogens with one attached hydrogen (secondary N) is 1. The lowest BCUT2D eigenvalue weighted by atomic mass is 9.85. The Labute approximate surface area is 146 Å². The average Bonchev–Trinajstić information content (AvgIpc) is 2.60. The summed E-state index contributed by atoms with van der Waals surface area (Å²) >= 11 is 0. The number of benzene rings is 1. The second kappa shape index (κ2) is 7.34. The molecule has 1 aliphatic rings. The standard InChI is InChI=1S/C19H21N3O3/c1-13-12-22(18(13)14-7-4-3-5-8-14)19(24)21-16-10-6-9-15(20-16)11-17(23)25-2/h3-10,13,18H,11-12H2,1-2H3,(H,20,21,24)/t13-,18-/m1/s1. The van der Waals surface area contributed by atoms with E-state index in [2.05, 4.69) is 22.0 Å². The summed E-state index contributed by atoms with van der Waals surface area (Å²) in [5.41, 5.74) is 1.69. The van der Waals surface area contributed by atoms with Crippen molar-refractivity contribution < 1.29 is 14.3 Å². The Balaban J connectivity index is 1.68. The first-order chi connectivity index (χ1) is 12.1. The number of urea groups is 1. The molecule has 0 saturated carbocycles. The third-order valence-corrected chi connectivity index (χ3v) is 4.36. The van der Waals surface area contributed by atoms with Crippen LogP contribution in [0.25, 0.3) is 0 Å². The van der Waals surface area contributed by atoms with Gasteiger partial charge >= 0.3 is 12.0 Å². The van der Waals surface area contributed by atoms with Crippen LogP contribution in [-0.4, -0.2) is 35.5 Å². The first-order valence-electron chi connectivity index (χ1n) is 8.24. The van der Waals surface area contributed by atoms with Crippen LogP contribution in [0.1, 0.15) is 24.2 Å². The number of carbonyl (C=O) groups is 2. The van der Waals surface area contributed by atoms with E-state index < -0.39 is 0 Å². The first kappa shape index (κ1) is 17.0. The molecule has 2 amide bonds. The maximum absolute atomic E-state index is 12.6. The van der Waals surface area contributed by atoms with Crippen molar-refractivity contribution in [3.05, 3.63) is 59.8 Å². The summed E-state index contributed by atoms with van der Waals surface area (Å²) in [5, 5.41) is 2.82. The van der Waals surface area contributed by atoms with Gasteiger partial charge < -0.3 is 9.64 Å². The molecule has 2 heterocycles. The largest absolute Gasteiger partial charge is 0.469 e. The SMILES string of the molecule is COC(=O)Cc1cccc(NC(=O)N2C[C@@H](C)[C@@H]2c2ccccc2)n1. The Bertz CT molecular complexity index is 764. The minimum atomic E-state index is -0.364. The van der Waals surface area contributed by atoms with E-state index in [-0.39, 0.29) is 24.5 Å². The quantitative estimate of drug-likeness (QED) is 0.869. The fourth-order valence-electron chi connectivity index (χ4n) is 3.11. The fraction of sp³-hybridized carbons (Fsp3) is 0.316. The van der Waals surface area contributed by atoms with Crippen molar-refractivity contribution >= 4 is 17.8 Å². The number of pyridine rings is 1. The second-order valence-corrected chi connectivity index (χ2v) is 6.18. The Kier molecular flexibility index (Phi) is 4.97. The van der Waals surface area contributed by atoms with E-state index in [0.29, 0.717) is 24.0 Å². The molecule has 1 N–H and O–H groups in total. The third kappa shape index (κ3) is 3.79. The number of nitrogens with zero attached hydrogens (tertiary/aromatic N) is 2. The lowest BCUT2D eigenvalue weighted by Crippen LogP contribution is -2.53. The highest BCUT2D eigenvalue weighted by atomic mass is 16.5. The lowest BCUT2D eigenvalue weighted by Gasteiger charge is -2.46. The van der Waals surface area contributed by atoms with E-state index in [1.165, 1.54) is 7.11 Å². The number of rotatable bonds is 4. The number of esters is 1. The highest BCUT2D eigenvalue weighted by Crippen LogP contribution is 2.38. The molecule has 2 aromatic rings. The summed E-state index contributed by atoms with van der Waals surface area (Å²) in [6, 6.07) is 15.1. The van der Waals surface area contributed by atoms with Gasteiger partial charge in [0.25, 0.3) is 0 Å². The average molecular weight is 339 g/mol. The molecule has 6 nitrogen and oxygen atoms in total. The highest BCUT2D eigenvalue weighted by Gasteiger charge is 2.40. The molecule has 1 aliphatic heterocycles. The van der Waals surface area contributed by atoms with Crippen LogP contribution in [0, 0.1) is 5.92 Å². The summed E-state index contributed by atoms with van der Waals surface area (Å²) in [7, 11) is 1.34.